The summed E-state index contributed by atoms with van der Waals surface area (Å²) in [4.78, 5) is 4.11. The van der Waals surface area contributed by atoms with Gasteiger partial charge in [0.15, 0.2) is 5.82 Å². The minimum absolute atomic E-state index is 0.126. The maximum Gasteiger partial charge on any atom is 0.249 e. The van der Waals surface area contributed by atoms with Gasteiger partial charge in [-0.1, -0.05) is 17.7 Å². The van der Waals surface area contributed by atoms with Gasteiger partial charge >= 0.3 is 0 Å². The Morgan fingerprint density at radius 2 is 1.84 bits per heavy atom. The number of nitrogens with zero attached hydrogens (tertiary/aromatic N) is 3. The first kappa shape index (κ1) is 16.8. The van der Waals surface area contributed by atoms with E-state index in [1.165, 1.54) is 19.4 Å². The zero-order chi connectivity index (χ0) is 17.8. The molecule has 0 spiro atoms. The third-order valence-corrected chi connectivity index (χ3v) is 3.48. The molecular formula is C16H12ClF2N5O. The second-order valence-corrected chi connectivity index (χ2v) is 5.27. The molecule has 0 fully saturated rings. The minimum atomic E-state index is -0.741. The first-order chi connectivity index (χ1) is 12.1. The molecule has 25 heavy (non-hydrogen) atoms. The number of hydrogen-bond donors (Lipinski definition) is 2. The highest BCUT2D eigenvalue weighted by Gasteiger charge is 2.10. The quantitative estimate of drug-likeness (QED) is 0.704. The molecule has 0 saturated heterocycles. The number of ether oxygens (including phenoxy) is 1. The van der Waals surface area contributed by atoms with Gasteiger partial charge in [-0.15, -0.1) is 5.10 Å². The number of anilines is 4. The monoisotopic (exact) mass is 363 g/mol. The molecule has 0 bridgehead atoms. The summed E-state index contributed by atoms with van der Waals surface area (Å²) in [5, 5.41) is 13.4. The van der Waals surface area contributed by atoms with E-state index >= 15 is 0 Å². The molecule has 0 unspecified atom stereocenters. The maximum atomic E-state index is 13.7. The Labute approximate surface area is 146 Å². The molecule has 1 heterocycles. The van der Waals surface area contributed by atoms with E-state index in [1.54, 1.807) is 18.2 Å². The Hall–Kier alpha value is -3.00. The summed E-state index contributed by atoms with van der Waals surface area (Å²) < 4.78 is 32.5. The van der Waals surface area contributed by atoms with Crippen molar-refractivity contribution in [2.24, 2.45) is 0 Å². The number of benzene rings is 2. The van der Waals surface area contributed by atoms with Crippen molar-refractivity contribution < 1.29 is 13.5 Å². The molecule has 6 nitrogen and oxygen atoms in total. The van der Waals surface area contributed by atoms with Gasteiger partial charge in [0, 0.05) is 5.69 Å². The predicted octanol–water partition coefficient (Wildman–Crippen LogP) is 4.30. The maximum absolute atomic E-state index is 13.7. The molecular weight excluding hydrogens is 352 g/mol. The van der Waals surface area contributed by atoms with Crippen molar-refractivity contribution in [3.05, 3.63) is 59.3 Å². The van der Waals surface area contributed by atoms with E-state index in [1.807, 2.05) is 0 Å². The van der Waals surface area contributed by atoms with Crippen LogP contribution in [0.2, 0.25) is 5.02 Å². The summed E-state index contributed by atoms with van der Waals surface area (Å²) in [6.07, 6.45) is 1.25. The van der Waals surface area contributed by atoms with E-state index in [2.05, 4.69) is 25.8 Å². The van der Waals surface area contributed by atoms with Crippen LogP contribution in [0.25, 0.3) is 0 Å². The molecule has 0 atom stereocenters. The number of halogens is 3. The summed E-state index contributed by atoms with van der Waals surface area (Å²) in [5.41, 5.74) is 0.281. The van der Waals surface area contributed by atoms with Crippen molar-refractivity contribution in [3.8, 4) is 5.75 Å². The lowest BCUT2D eigenvalue weighted by Crippen LogP contribution is -2.04. The van der Waals surface area contributed by atoms with Crippen LogP contribution < -0.4 is 15.4 Å². The van der Waals surface area contributed by atoms with Gasteiger partial charge in [0.05, 0.1) is 18.3 Å². The number of para-hydroxylation sites is 1. The highest BCUT2D eigenvalue weighted by molar-refractivity contribution is 6.32. The Morgan fingerprint density at radius 1 is 1.08 bits per heavy atom. The first-order valence-electron chi connectivity index (χ1n) is 7.08. The SMILES string of the molecule is COc1ccc(Nc2nncc(Nc3c(F)cccc3F)n2)cc1Cl. The molecule has 128 valence electrons. The lowest BCUT2D eigenvalue weighted by atomic mass is 10.3. The van der Waals surface area contributed by atoms with Crippen LogP contribution in [-0.2, 0) is 0 Å². The zero-order valence-corrected chi connectivity index (χ0v) is 13.7. The third kappa shape index (κ3) is 3.92. The third-order valence-electron chi connectivity index (χ3n) is 3.18. The predicted molar refractivity (Wildman–Crippen MR) is 90.8 cm³/mol. The molecule has 3 rings (SSSR count). The number of rotatable bonds is 5. The van der Waals surface area contributed by atoms with Crippen molar-refractivity contribution in [2.45, 2.75) is 0 Å². The second kappa shape index (κ2) is 7.27. The van der Waals surface area contributed by atoms with Crippen molar-refractivity contribution in [1.29, 1.82) is 0 Å². The van der Waals surface area contributed by atoms with Crippen molar-refractivity contribution in [1.82, 2.24) is 15.2 Å². The van der Waals surface area contributed by atoms with E-state index in [-0.39, 0.29) is 17.5 Å². The highest BCUT2D eigenvalue weighted by atomic mass is 35.5. The van der Waals surface area contributed by atoms with Gasteiger partial charge in [0.25, 0.3) is 0 Å². The second-order valence-electron chi connectivity index (χ2n) is 4.86. The van der Waals surface area contributed by atoms with Crippen LogP contribution in [0.5, 0.6) is 5.75 Å². The lowest BCUT2D eigenvalue weighted by molar-refractivity contribution is 0.415. The van der Waals surface area contributed by atoms with Crippen LogP contribution in [0.4, 0.5) is 31.9 Å². The van der Waals surface area contributed by atoms with Gasteiger partial charge in [-0.05, 0) is 30.3 Å². The van der Waals surface area contributed by atoms with Crippen molar-refractivity contribution in [2.75, 3.05) is 17.7 Å². The average Bonchev–Trinajstić information content (AvgIpc) is 2.59. The summed E-state index contributed by atoms with van der Waals surface area (Å²) in [5.74, 6) is -0.703. The number of hydrogen-bond acceptors (Lipinski definition) is 6. The molecule has 0 amide bonds. The number of nitrogens with one attached hydrogen (secondary N) is 2. The van der Waals surface area contributed by atoms with E-state index in [0.717, 1.165) is 12.1 Å². The van der Waals surface area contributed by atoms with Crippen LogP contribution in [-0.4, -0.2) is 22.3 Å². The van der Waals surface area contributed by atoms with Gasteiger partial charge in [-0.25, -0.2) is 8.78 Å². The minimum Gasteiger partial charge on any atom is -0.495 e. The van der Waals surface area contributed by atoms with Crippen molar-refractivity contribution in [3.63, 3.8) is 0 Å². The summed E-state index contributed by atoms with van der Waals surface area (Å²) in [6, 6.07) is 8.56. The Kier molecular flexibility index (Phi) is 4.90. The molecule has 0 aliphatic carbocycles. The van der Waals surface area contributed by atoms with Crippen LogP contribution >= 0.6 is 11.6 Å². The van der Waals surface area contributed by atoms with Crippen LogP contribution in [0.1, 0.15) is 0 Å². The van der Waals surface area contributed by atoms with Crippen LogP contribution in [0.15, 0.2) is 42.6 Å². The summed E-state index contributed by atoms with van der Waals surface area (Å²) in [7, 11) is 1.51. The Balaban J connectivity index is 1.81. The first-order valence-corrected chi connectivity index (χ1v) is 7.46. The fourth-order valence-corrected chi connectivity index (χ4v) is 2.29. The Morgan fingerprint density at radius 3 is 2.52 bits per heavy atom. The van der Waals surface area contributed by atoms with E-state index in [4.69, 9.17) is 16.3 Å². The summed E-state index contributed by atoms with van der Waals surface area (Å²) in [6.45, 7) is 0. The zero-order valence-electron chi connectivity index (χ0n) is 12.9. The molecule has 0 radical (unpaired) electrons. The number of aromatic nitrogens is 3. The normalized spacial score (nSPS) is 10.4. The molecule has 9 heteroatoms. The molecule has 2 N–H and O–H groups in total. The van der Waals surface area contributed by atoms with Crippen LogP contribution in [0.3, 0.4) is 0 Å². The van der Waals surface area contributed by atoms with Gasteiger partial charge < -0.3 is 15.4 Å². The lowest BCUT2D eigenvalue weighted by Gasteiger charge is -2.10. The van der Waals surface area contributed by atoms with Crippen molar-refractivity contribution >= 4 is 34.7 Å². The highest BCUT2D eigenvalue weighted by Crippen LogP contribution is 2.28. The van der Waals surface area contributed by atoms with Gasteiger partial charge in [-0.2, -0.15) is 10.1 Å². The average molecular weight is 364 g/mol. The fraction of sp³-hybridized carbons (Fsp3) is 0.0625. The smallest absolute Gasteiger partial charge is 0.249 e. The summed E-state index contributed by atoms with van der Waals surface area (Å²) >= 11 is 6.05. The molecule has 3 aromatic rings. The van der Waals surface area contributed by atoms with E-state index in [0.29, 0.717) is 16.5 Å². The van der Waals surface area contributed by atoms with Gasteiger partial charge in [0.2, 0.25) is 5.95 Å². The Bertz CT molecular complexity index is 889. The van der Waals surface area contributed by atoms with Gasteiger partial charge in [-0.3, -0.25) is 0 Å². The standard InChI is InChI=1S/C16H12ClF2N5O/c1-25-13-6-5-9(7-10(13)17)21-16-23-14(8-20-24-16)22-15-11(18)3-2-4-12(15)19/h2-8H,1H3,(H2,21,22,23,24). The molecule has 0 aliphatic rings. The largest absolute Gasteiger partial charge is 0.495 e. The molecule has 2 aromatic carbocycles. The van der Waals surface area contributed by atoms with E-state index < -0.39 is 11.6 Å². The fourth-order valence-electron chi connectivity index (χ4n) is 2.04. The van der Waals surface area contributed by atoms with Crippen LogP contribution in [0, 0.1) is 11.6 Å². The number of methoxy groups -OCH3 is 1. The molecule has 0 aliphatic heterocycles. The van der Waals surface area contributed by atoms with E-state index in [9.17, 15) is 8.78 Å². The van der Waals surface area contributed by atoms with Gasteiger partial charge in [0.1, 0.15) is 23.1 Å². The molecule has 1 aromatic heterocycles. The molecule has 0 saturated carbocycles. The topological polar surface area (TPSA) is 72.0 Å².